The summed E-state index contributed by atoms with van der Waals surface area (Å²) in [6, 6.07) is 12.8. The van der Waals surface area contributed by atoms with Gasteiger partial charge < -0.3 is 5.73 Å². The van der Waals surface area contributed by atoms with E-state index in [4.69, 9.17) is 5.73 Å². The number of nitrogens with two attached hydrogens (primary N) is 1. The molecular formula is C15H17FN2O2S. The van der Waals surface area contributed by atoms with Gasteiger partial charge >= 0.3 is 0 Å². The highest BCUT2D eigenvalue weighted by atomic mass is 32.2. The van der Waals surface area contributed by atoms with Gasteiger partial charge in [-0.05, 0) is 36.2 Å². The molecular weight excluding hydrogens is 291 g/mol. The van der Waals surface area contributed by atoms with Crippen LogP contribution in [0.4, 0.5) is 4.39 Å². The number of hydrogen-bond acceptors (Lipinski definition) is 3. The van der Waals surface area contributed by atoms with Crippen LogP contribution in [0.15, 0.2) is 53.4 Å². The topological polar surface area (TPSA) is 72.2 Å². The van der Waals surface area contributed by atoms with Crippen molar-refractivity contribution in [1.82, 2.24) is 4.72 Å². The lowest BCUT2D eigenvalue weighted by atomic mass is 10.1. The Hall–Kier alpha value is -1.76. The molecule has 0 saturated carbocycles. The fourth-order valence-electron chi connectivity index (χ4n) is 1.91. The van der Waals surface area contributed by atoms with Gasteiger partial charge in [-0.15, -0.1) is 0 Å². The number of rotatable bonds is 6. The Bertz CT molecular complexity index is 700. The lowest BCUT2D eigenvalue weighted by Crippen LogP contribution is -2.24. The molecule has 0 amide bonds. The van der Waals surface area contributed by atoms with E-state index in [1.54, 1.807) is 0 Å². The number of hydrogen-bond donors (Lipinski definition) is 2. The summed E-state index contributed by atoms with van der Waals surface area (Å²) in [6.45, 7) is 0.679. The number of halogens is 1. The molecule has 2 aromatic rings. The van der Waals surface area contributed by atoms with Crippen LogP contribution in [0.2, 0.25) is 0 Å². The Balaban J connectivity index is 2.07. The minimum absolute atomic E-state index is 0.111. The average molecular weight is 308 g/mol. The zero-order chi connectivity index (χ0) is 15.3. The van der Waals surface area contributed by atoms with E-state index in [1.165, 1.54) is 18.2 Å². The van der Waals surface area contributed by atoms with Gasteiger partial charge in [0.25, 0.3) is 0 Å². The molecule has 0 bridgehead atoms. The summed E-state index contributed by atoms with van der Waals surface area (Å²) in [5.74, 6) is -0.761. The second kappa shape index (κ2) is 6.80. The summed E-state index contributed by atoms with van der Waals surface area (Å²) >= 11 is 0. The fraction of sp³-hybridized carbons (Fsp3) is 0.200. The second-order valence-electron chi connectivity index (χ2n) is 4.61. The molecule has 0 atom stereocenters. The molecule has 0 radical (unpaired) electrons. The van der Waals surface area contributed by atoms with Crippen molar-refractivity contribution < 1.29 is 12.8 Å². The molecule has 0 aliphatic heterocycles. The van der Waals surface area contributed by atoms with Crippen LogP contribution in [-0.2, 0) is 23.0 Å². The Morgan fingerprint density at radius 1 is 1.00 bits per heavy atom. The van der Waals surface area contributed by atoms with Crippen LogP contribution in [0.1, 0.15) is 11.1 Å². The predicted molar refractivity (Wildman–Crippen MR) is 79.6 cm³/mol. The van der Waals surface area contributed by atoms with Gasteiger partial charge in [-0.3, -0.25) is 0 Å². The highest BCUT2D eigenvalue weighted by Crippen LogP contribution is 2.14. The minimum atomic E-state index is -3.85. The molecule has 2 rings (SSSR count). The van der Waals surface area contributed by atoms with Crippen molar-refractivity contribution in [3.05, 3.63) is 65.5 Å². The standard InChI is InChI=1S/C15H17FN2O2S/c16-14-3-1-2-4-15(14)21(19,20)18-11-13-7-5-12(6-8-13)9-10-17/h1-8,18H,9-11,17H2. The van der Waals surface area contributed by atoms with Gasteiger partial charge in [-0.1, -0.05) is 36.4 Å². The molecule has 0 heterocycles. The highest BCUT2D eigenvalue weighted by molar-refractivity contribution is 7.89. The third-order valence-corrected chi connectivity index (χ3v) is 4.48. The Kier molecular flexibility index (Phi) is 5.06. The third-order valence-electron chi connectivity index (χ3n) is 3.05. The maximum Gasteiger partial charge on any atom is 0.243 e. The van der Waals surface area contributed by atoms with E-state index in [-0.39, 0.29) is 11.4 Å². The van der Waals surface area contributed by atoms with Gasteiger partial charge in [-0.2, -0.15) is 0 Å². The van der Waals surface area contributed by atoms with Gasteiger partial charge in [0.2, 0.25) is 10.0 Å². The monoisotopic (exact) mass is 308 g/mol. The third kappa shape index (κ3) is 4.10. The summed E-state index contributed by atoms with van der Waals surface area (Å²) in [7, 11) is -3.85. The smallest absolute Gasteiger partial charge is 0.243 e. The molecule has 0 aliphatic rings. The van der Waals surface area contributed by atoms with Crippen LogP contribution in [0.5, 0.6) is 0 Å². The van der Waals surface area contributed by atoms with E-state index in [0.717, 1.165) is 23.6 Å². The quantitative estimate of drug-likeness (QED) is 0.855. The lowest BCUT2D eigenvalue weighted by molar-refractivity contribution is 0.557. The molecule has 0 aromatic heterocycles. The van der Waals surface area contributed by atoms with E-state index in [9.17, 15) is 12.8 Å². The first-order valence-corrected chi connectivity index (χ1v) is 8.03. The Morgan fingerprint density at radius 2 is 1.62 bits per heavy atom. The fourth-order valence-corrected chi connectivity index (χ4v) is 3.00. The van der Waals surface area contributed by atoms with Crippen molar-refractivity contribution in [3.63, 3.8) is 0 Å². The Morgan fingerprint density at radius 3 is 2.24 bits per heavy atom. The molecule has 0 aliphatic carbocycles. The van der Waals surface area contributed by atoms with Crippen LogP contribution in [0, 0.1) is 5.82 Å². The Labute approximate surface area is 123 Å². The van der Waals surface area contributed by atoms with Gasteiger partial charge in [0, 0.05) is 6.54 Å². The number of sulfonamides is 1. The van der Waals surface area contributed by atoms with Crippen molar-refractivity contribution >= 4 is 10.0 Å². The zero-order valence-electron chi connectivity index (χ0n) is 11.4. The summed E-state index contributed by atoms with van der Waals surface area (Å²) in [6.07, 6.45) is 0.779. The molecule has 21 heavy (non-hydrogen) atoms. The van der Waals surface area contributed by atoms with Crippen LogP contribution in [0.3, 0.4) is 0 Å². The van der Waals surface area contributed by atoms with Gasteiger partial charge in [0.05, 0.1) is 0 Å². The second-order valence-corrected chi connectivity index (χ2v) is 6.35. The van der Waals surface area contributed by atoms with Crippen molar-refractivity contribution in [2.45, 2.75) is 17.9 Å². The lowest BCUT2D eigenvalue weighted by Gasteiger charge is -2.08. The zero-order valence-corrected chi connectivity index (χ0v) is 12.2. The van der Waals surface area contributed by atoms with Crippen molar-refractivity contribution in [1.29, 1.82) is 0 Å². The molecule has 6 heteroatoms. The van der Waals surface area contributed by atoms with Crippen molar-refractivity contribution in [2.24, 2.45) is 5.73 Å². The number of nitrogens with one attached hydrogen (secondary N) is 1. The van der Waals surface area contributed by atoms with Gasteiger partial charge in [-0.25, -0.2) is 17.5 Å². The van der Waals surface area contributed by atoms with Gasteiger partial charge in [0.1, 0.15) is 10.7 Å². The van der Waals surface area contributed by atoms with E-state index < -0.39 is 15.8 Å². The van der Waals surface area contributed by atoms with Crippen LogP contribution in [-0.4, -0.2) is 15.0 Å². The average Bonchev–Trinajstić information content (AvgIpc) is 2.47. The van der Waals surface area contributed by atoms with Crippen LogP contribution >= 0.6 is 0 Å². The summed E-state index contributed by atoms with van der Waals surface area (Å²) in [5, 5.41) is 0. The SMILES string of the molecule is NCCc1ccc(CNS(=O)(=O)c2ccccc2F)cc1. The summed E-state index contributed by atoms with van der Waals surface area (Å²) in [4.78, 5) is -0.343. The van der Waals surface area contributed by atoms with Crippen molar-refractivity contribution in [3.8, 4) is 0 Å². The molecule has 0 unspecified atom stereocenters. The van der Waals surface area contributed by atoms with E-state index >= 15 is 0 Å². The first kappa shape index (κ1) is 15.6. The maximum atomic E-state index is 13.5. The maximum absolute atomic E-state index is 13.5. The van der Waals surface area contributed by atoms with E-state index in [2.05, 4.69) is 4.72 Å². The number of benzene rings is 2. The van der Waals surface area contributed by atoms with Gasteiger partial charge in [0.15, 0.2) is 0 Å². The summed E-state index contributed by atoms with van der Waals surface area (Å²) < 4.78 is 40.0. The summed E-state index contributed by atoms with van der Waals surface area (Å²) in [5.41, 5.74) is 7.36. The van der Waals surface area contributed by atoms with Crippen LogP contribution in [0.25, 0.3) is 0 Å². The molecule has 4 nitrogen and oxygen atoms in total. The normalized spacial score (nSPS) is 11.5. The molecule has 112 valence electrons. The van der Waals surface area contributed by atoms with E-state index in [1.807, 2.05) is 24.3 Å². The van der Waals surface area contributed by atoms with E-state index in [0.29, 0.717) is 6.54 Å². The highest BCUT2D eigenvalue weighted by Gasteiger charge is 2.17. The first-order valence-electron chi connectivity index (χ1n) is 6.55. The predicted octanol–water partition coefficient (Wildman–Crippen LogP) is 1.81. The molecule has 0 saturated heterocycles. The molecule has 2 aromatic carbocycles. The largest absolute Gasteiger partial charge is 0.330 e. The molecule has 3 N–H and O–H groups in total. The molecule has 0 fully saturated rings. The first-order chi connectivity index (χ1) is 10.0. The molecule has 0 spiro atoms. The van der Waals surface area contributed by atoms with Crippen molar-refractivity contribution in [2.75, 3.05) is 6.54 Å². The van der Waals surface area contributed by atoms with Crippen LogP contribution < -0.4 is 10.5 Å². The minimum Gasteiger partial charge on any atom is -0.330 e.